The van der Waals surface area contributed by atoms with Crippen LogP contribution in [0.4, 0.5) is 16.0 Å². The molecule has 1 aromatic heterocycles. The minimum absolute atomic E-state index is 0.284. The van der Waals surface area contributed by atoms with Crippen LogP contribution in [0.1, 0.15) is 5.56 Å². The molecule has 24 heavy (non-hydrogen) atoms. The zero-order valence-electron chi connectivity index (χ0n) is 13.3. The van der Waals surface area contributed by atoms with E-state index in [0.29, 0.717) is 22.7 Å². The number of benzene rings is 2. The Kier molecular flexibility index (Phi) is 4.29. The highest BCUT2D eigenvalue weighted by molar-refractivity contribution is 5.63. The molecule has 0 aliphatic heterocycles. The highest BCUT2D eigenvalue weighted by Gasteiger charge is 2.06. The summed E-state index contributed by atoms with van der Waals surface area (Å²) in [5.74, 6) is 0.678. The van der Waals surface area contributed by atoms with E-state index in [-0.39, 0.29) is 17.3 Å². The first-order chi connectivity index (χ1) is 11.5. The lowest BCUT2D eigenvalue weighted by Crippen LogP contribution is -2.10. The van der Waals surface area contributed by atoms with Crippen LogP contribution >= 0.6 is 0 Å². The van der Waals surface area contributed by atoms with Gasteiger partial charge < -0.3 is 10.1 Å². The van der Waals surface area contributed by atoms with Crippen LogP contribution in [0.2, 0.25) is 0 Å². The van der Waals surface area contributed by atoms with Gasteiger partial charge in [0.05, 0.1) is 12.8 Å². The Labute approximate surface area is 138 Å². The molecule has 0 unspecified atom stereocenters. The number of hydrogen-bond donors (Lipinski definition) is 2. The molecule has 0 bridgehead atoms. The number of hydrogen-bond acceptors (Lipinski definition) is 4. The topological polar surface area (TPSA) is 67.0 Å². The lowest BCUT2D eigenvalue weighted by atomic mass is 10.1. The summed E-state index contributed by atoms with van der Waals surface area (Å²) in [5, 5.41) is 2.99. The second-order valence-electron chi connectivity index (χ2n) is 5.30. The molecule has 0 radical (unpaired) electrons. The molecule has 0 atom stereocenters. The zero-order chi connectivity index (χ0) is 17.1. The van der Waals surface area contributed by atoms with E-state index in [1.807, 2.05) is 18.2 Å². The average molecular weight is 325 g/mol. The Balaban J connectivity index is 1.96. The Morgan fingerprint density at radius 1 is 1.17 bits per heavy atom. The molecule has 0 fully saturated rings. The lowest BCUT2D eigenvalue weighted by Gasteiger charge is -2.09. The number of aromatic amines is 1. The average Bonchev–Trinajstić information content (AvgIpc) is 2.58. The number of aromatic nitrogens is 2. The summed E-state index contributed by atoms with van der Waals surface area (Å²) in [6.07, 6.45) is 0. The summed E-state index contributed by atoms with van der Waals surface area (Å²) in [5.41, 5.74) is 2.13. The van der Waals surface area contributed by atoms with Crippen LogP contribution in [-0.4, -0.2) is 17.1 Å². The largest absolute Gasteiger partial charge is 0.497 e. The maximum absolute atomic E-state index is 13.3. The van der Waals surface area contributed by atoms with E-state index in [1.54, 1.807) is 32.2 Å². The van der Waals surface area contributed by atoms with Crippen LogP contribution in [0.3, 0.4) is 0 Å². The smallest absolute Gasteiger partial charge is 0.252 e. The van der Waals surface area contributed by atoms with Crippen molar-refractivity contribution in [3.8, 4) is 17.0 Å². The maximum atomic E-state index is 13.3. The summed E-state index contributed by atoms with van der Waals surface area (Å²) in [7, 11) is 1.58. The quantitative estimate of drug-likeness (QED) is 0.768. The molecule has 5 nitrogen and oxygen atoms in total. The summed E-state index contributed by atoms with van der Waals surface area (Å²) < 4.78 is 18.5. The van der Waals surface area contributed by atoms with Gasteiger partial charge in [-0.25, -0.2) is 9.37 Å². The number of H-pyrrole nitrogens is 1. The van der Waals surface area contributed by atoms with Crippen molar-refractivity contribution >= 4 is 11.6 Å². The molecule has 6 heteroatoms. The number of rotatable bonds is 4. The van der Waals surface area contributed by atoms with Crippen LogP contribution < -0.4 is 15.6 Å². The minimum atomic E-state index is -0.288. The zero-order valence-corrected chi connectivity index (χ0v) is 13.3. The van der Waals surface area contributed by atoms with E-state index >= 15 is 0 Å². The van der Waals surface area contributed by atoms with Gasteiger partial charge in [0.25, 0.3) is 5.56 Å². The third-order valence-corrected chi connectivity index (χ3v) is 3.53. The Hall–Kier alpha value is -3.15. The minimum Gasteiger partial charge on any atom is -0.497 e. The molecular weight excluding hydrogens is 309 g/mol. The fraction of sp³-hybridized carbons (Fsp3) is 0.111. The van der Waals surface area contributed by atoms with Crippen LogP contribution in [-0.2, 0) is 0 Å². The summed E-state index contributed by atoms with van der Waals surface area (Å²) >= 11 is 0. The Bertz CT molecular complexity index is 938. The third kappa shape index (κ3) is 3.43. The Morgan fingerprint density at radius 2 is 2.00 bits per heavy atom. The second kappa shape index (κ2) is 6.54. The van der Waals surface area contributed by atoms with E-state index < -0.39 is 0 Å². The normalized spacial score (nSPS) is 10.5. The van der Waals surface area contributed by atoms with E-state index in [0.717, 1.165) is 5.56 Å². The van der Waals surface area contributed by atoms with Crippen molar-refractivity contribution in [2.24, 2.45) is 0 Å². The van der Waals surface area contributed by atoms with E-state index in [9.17, 15) is 9.18 Å². The van der Waals surface area contributed by atoms with Crippen LogP contribution in [0.15, 0.2) is 53.3 Å². The van der Waals surface area contributed by atoms with E-state index in [2.05, 4.69) is 15.3 Å². The van der Waals surface area contributed by atoms with Crippen molar-refractivity contribution in [3.63, 3.8) is 0 Å². The van der Waals surface area contributed by atoms with Gasteiger partial charge in [0.1, 0.15) is 11.6 Å². The number of methoxy groups -OCH3 is 1. The monoisotopic (exact) mass is 325 g/mol. The molecule has 122 valence electrons. The van der Waals surface area contributed by atoms with Gasteiger partial charge in [-0.15, -0.1) is 0 Å². The van der Waals surface area contributed by atoms with Crippen molar-refractivity contribution in [2.75, 3.05) is 12.4 Å². The highest BCUT2D eigenvalue weighted by Crippen LogP contribution is 2.23. The molecule has 3 rings (SSSR count). The van der Waals surface area contributed by atoms with Crippen LogP contribution in [0, 0.1) is 12.7 Å². The lowest BCUT2D eigenvalue weighted by molar-refractivity contribution is 0.415. The number of halogens is 1. The first kappa shape index (κ1) is 15.7. The molecule has 0 saturated heterocycles. The summed E-state index contributed by atoms with van der Waals surface area (Å²) in [6.45, 7) is 1.67. The molecule has 2 N–H and O–H groups in total. The molecule has 0 aliphatic rings. The first-order valence-corrected chi connectivity index (χ1v) is 7.34. The molecule has 1 heterocycles. The number of ether oxygens (including phenoxy) is 1. The molecule has 0 spiro atoms. The molecule has 0 saturated carbocycles. The number of nitrogens with zero attached hydrogens (tertiary/aromatic N) is 1. The standard InChI is InChI=1S/C18H16FN3O2/c1-11-8-13(6-7-15(11)19)20-18-21-16(10-17(23)22-18)12-4-3-5-14(9-12)24-2/h3-10H,1-2H3,(H2,20,21,22,23). The first-order valence-electron chi connectivity index (χ1n) is 7.34. The SMILES string of the molecule is COc1cccc(-c2cc(=O)[nH]c(Nc3ccc(F)c(C)c3)n2)c1. The van der Waals surface area contributed by atoms with Gasteiger partial charge >= 0.3 is 0 Å². The number of aryl methyl sites for hydroxylation is 1. The van der Waals surface area contributed by atoms with Crippen LogP contribution in [0.5, 0.6) is 5.75 Å². The fourth-order valence-electron chi connectivity index (χ4n) is 2.31. The fourth-order valence-corrected chi connectivity index (χ4v) is 2.31. The van der Waals surface area contributed by atoms with Gasteiger partial charge in [-0.3, -0.25) is 9.78 Å². The summed E-state index contributed by atoms with van der Waals surface area (Å²) in [4.78, 5) is 19.0. The van der Waals surface area contributed by atoms with E-state index in [1.165, 1.54) is 12.1 Å². The number of anilines is 2. The van der Waals surface area contributed by atoms with Crippen molar-refractivity contribution in [1.29, 1.82) is 0 Å². The van der Waals surface area contributed by atoms with Gasteiger partial charge in [0, 0.05) is 17.3 Å². The van der Waals surface area contributed by atoms with Crippen molar-refractivity contribution in [1.82, 2.24) is 9.97 Å². The number of nitrogens with one attached hydrogen (secondary N) is 2. The third-order valence-electron chi connectivity index (χ3n) is 3.53. The molecule has 3 aromatic rings. The second-order valence-corrected chi connectivity index (χ2v) is 5.30. The van der Waals surface area contributed by atoms with E-state index in [4.69, 9.17) is 4.74 Å². The predicted octanol–water partition coefficient (Wildman–Crippen LogP) is 3.64. The van der Waals surface area contributed by atoms with Crippen molar-refractivity contribution in [2.45, 2.75) is 6.92 Å². The highest BCUT2D eigenvalue weighted by atomic mass is 19.1. The Morgan fingerprint density at radius 3 is 2.75 bits per heavy atom. The van der Waals surface area contributed by atoms with Crippen molar-refractivity contribution in [3.05, 3.63) is 70.3 Å². The molecule has 0 amide bonds. The summed E-state index contributed by atoms with van der Waals surface area (Å²) in [6, 6.07) is 13.3. The molecule has 2 aromatic carbocycles. The van der Waals surface area contributed by atoms with Gasteiger partial charge in [-0.05, 0) is 42.8 Å². The van der Waals surface area contributed by atoms with Gasteiger partial charge in [-0.2, -0.15) is 0 Å². The van der Waals surface area contributed by atoms with Crippen molar-refractivity contribution < 1.29 is 9.13 Å². The molecule has 0 aliphatic carbocycles. The maximum Gasteiger partial charge on any atom is 0.252 e. The van der Waals surface area contributed by atoms with Gasteiger partial charge in [0.15, 0.2) is 0 Å². The van der Waals surface area contributed by atoms with Crippen LogP contribution in [0.25, 0.3) is 11.3 Å². The molecular formula is C18H16FN3O2. The van der Waals surface area contributed by atoms with Gasteiger partial charge in [0.2, 0.25) is 5.95 Å². The van der Waals surface area contributed by atoms with Gasteiger partial charge in [-0.1, -0.05) is 12.1 Å². The predicted molar refractivity (Wildman–Crippen MR) is 91.3 cm³/mol.